The van der Waals surface area contributed by atoms with Crippen LogP contribution in [0, 0.1) is 11.3 Å². The lowest BCUT2D eigenvalue weighted by atomic mass is 10.1. The third kappa shape index (κ3) is 3.49. The Kier molecular flexibility index (Phi) is 4.17. The van der Waals surface area contributed by atoms with E-state index in [1.54, 1.807) is 0 Å². The smallest absolute Gasteiger partial charge is 0.503 e. The Morgan fingerprint density at radius 1 is 1.53 bits per heavy atom. The van der Waals surface area contributed by atoms with Gasteiger partial charge in [0.2, 0.25) is 0 Å². The summed E-state index contributed by atoms with van der Waals surface area (Å²) in [5, 5.41) is 18.1. The molecule has 92 valence electrons. The number of aromatic hydroxyl groups is 1. The average molecular weight is 311 g/mol. The predicted octanol–water partition coefficient (Wildman–Crippen LogP) is 2.65. The topological polar surface area (TPSA) is 66.1 Å². The highest BCUT2D eigenvalue weighted by Crippen LogP contribution is 2.34. The molecule has 0 unspecified atom stereocenters. The first-order valence-electron chi connectivity index (χ1n) is 4.27. The molecule has 0 bridgehead atoms. The highest BCUT2D eigenvalue weighted by atomic mass is 79.9. The summed E-state index contributed by atoms with van der Waals surface area (Å²) in [5.74, 6) is -1.64. The molecule has 0 aliphatic carbocycles. The number of nitriles is 1. The normalized spacial score (nSPS) is 11.0. The largest absolute Gasteiger partial charge is 0.574 e. The fraction of sp³-hybridized carbons (Fsp3) is 0.333. The van der Waals surface area contributed by atoms with Crippen molar-refractivity contribution in [1.29, 1.82) is 5.26 Å². The lowest BCUT2D eigenvalue weighted by molar-refractivity contribution is -0.276. The summed E-state index contributed by atoms with van der Waals surface area (Å²) in [4.78, 5) is 3.33. The summed E-state index contributed by atoms with van der Waals surface area (Å²) < 4.78 is 39.4. The third-order valence-corrected chi connectivity index (χ3v) is 2.39. The molecule has 0 amide bonds. The summed E-state index contributed by atoms with van der Waals surface area (Å²) >= 11 is 3.01. The van der Waals surface area contributed by atoms with E-state index < -0.39 is 18.0 Å². The number of halogens is 4. The highest BCUT2D eigenvalue weighted by Gasteiger charge is 2.33. The highest BCUT2D eigenvalue weighted by molar-refractivity contribution is 9.08. The zero-order valence-electron chi connectivity index (χ0n) is 8.25. The molecule has 1 rings (SSSR count). The van der Waals surface area contributed by atoms with E-state index in [2.05, 4.69) is 25.7 Å². The molecule has 1 N–H and O–H groups in total. The van der Waals surface area contributed by atoms with Crippen LogP contribution in [0.1, 0.15) is 11.1 Å². The third-order valence-electron chi connectivity index (χ3n) is 1.83. The van der Waals surface area contributed by atoms with Crippen LogP contribution < -0.4 is 4.74 Å². The maximum atomic E-state index is 12.0. The lowest BCUT2D eigenvalue weighted by Crippen LogP contribution is -2.18. The van der Waals surface area contributed by atoms with E-state index in [-0.39, 0.29) is 17.3 Å². The maximum absolute atomic E-state index is 12.0. The molecule has 0 radical (unpaired) electrons. The molecule has 0 atom stereocenters. The molecule has 1 aromatic heterocycles. The van der Waals surface area contributed by atoms with Crippen molar-refractivity contribution in [2.45, 2.75) is 18.1 Å². The van der Waals surface area contributed by atoms with Crippen LogP contribution in [0.3, 0.4) is 0 Å². The van der Waals surface area contributed by atoms with Gasteiger partial charge < -0.3 is 9.84 Å². The molecule has 1 heterocycles. The molecule has 1 aromatic rings. The van der Waals surface area contributed by atoms with E-state index in [9.17, 15) is 18.3 Å². The number of alkyl halides is 4. The van der Waals surface area contributed by atoms with Gasteiger partial charge >= 0.3 is 6.36 Å². The van der Waals surface area contributed by atoms with Gasteiger partial charge in [-0.3, -0.25) is 0 Å². The van der Waals surface area contributed by atoms with Crippen LogP contribution in [-0.4, -0.2) is 16.5 Å². The van der Waals surface area contributed by atoms with Gasteiger partial charge in [-0.15, -0.1) is 13.2 Å². The minimum absolute atomic E-state index is 0.0617. The van der Waals surface area contributed by atoms with Crippen LogP contribution in [0.15, 0.2) is 6.20 Å². The minimum atomic E-state index is -4.93. The quantitative estimate of drug-likeness (QED) is 0.872. The van der Waals surface area contributed by atoms with Crippen LogP contribution in [0.25, 0.3) is 0 Å². The van der Waals surface area contributed by atoms with Crippen LogP contribution in [0.4, 0.5) is 13.2 Å². The first-order chi connectivity index (χ1) is 7.89. The summed E-state index contributed by atoms with van der Waals surface area (Å²) in [6.07, 6.45) is -3.92. The maximum Gasteiger partial charge on any atom is 0.574 e. The number of nitrogens with zero attached hydrogens (tertiary/aromatic N) is 2. The van der Waals surface area contributed by atoms with Gasteiger partial charge in [0.25, 0.3) is 5.88 Å². The van der Waals surface area contributed by atoms with Gasteiger partial charge in [-0.2, -0.15) is 5.26 Å². The summed E-state index contributed by atoms with van der Waals surface area (Å²) in [6.45, 7) is 0. The second-order valence-electron chi connectivity index (χ2n) is 2.93. The van der Waals surface area contributed by atoms with Crippen LogP contribution in [0.2, 0.25) is 0 Å². The number of aromatic nitrogens is 1. The van der Waals surface area contributed by atoms with Gasteiger partial charge in [0, 0.05) is 17.1 Å². The standard InChI is InChI=1S/C9H6BrF3N2O2/c10-3-6-5(1-2-14)4-15-8(7(6)16)17-9(11,12)13/h4,16H,1,3H2. The molecule has 0 aromatic carbocycles. The van der Waals surface area contributed by atoms with E-state index in [1.807, 2.05) is 6.07 Å². The Bertz CT molecular complexity index is 457. The van der Waals surface area contributed by atoms with Crippen molar-refractivity contribution in [3.05, 3.63) is 17.3 Å². The van der Waals surface area contributed by atoms with Crippen molar-refractivity contribution >= 4 is 15.9 Å². The number of pyridine rings is 1. The van der Waals surface area contributed by atoms with Crippen molar-refractivity contribution in [3.63, 3.8) is 0 Å². The summed E-state index contributed by atoms with van der Waals surface area (Å²) in [6, 6.07) is 1.82. The number of rotatable bonds is 3. The molecular weight excluding hydrogens is 305 g/mol. The van der Waals surface area contributed by atoms with Crippen molar-refractivity contribution in [2.24, 2.45) is 0 Å². The van der Waals surface area contributed by atoms with E-state index in [0.717, 1.165) is 6.20 Å². The van der Waals surface area contributed by atoms with Gasteiger partial charge in [-0.25, -0.2) is 4.98 Å². The Morgan fingerprint density at radius 3 is 2.65 bits per heavy atom. The monoisotopic (exact) mass is 310 g/mol. The first kappa shape index (κ1) is 13.6. The predicted molar refractivity (Wildman–Crippen MR) is 54.5 cm³/mol. The van der Waals surface area contributed by atoms with Gasteiger partial charge in [0.05, 0.1) is 12.5 Å². The van der Waals surface area contributed by atoms with E-state index in [1.165, 1.54) is 0 Å². The molecule has 4 nitrogen and oxygen atoms in total. The Balaban J connectivity index is 3.16. The fourth-order valence-electron chi connectivity index (χ4n) is 1.13. The van der Waals surface area contributed by atoms with Gasteiger partial charge in [0.15, 0.2) is 5.75 Å². The molecule has 0 saturated carbocycles. The second-order valence-corrected chi connectivity index (χ2v) is 3.49. The molecule has 0 fully saturated rings. The second kappa shape index (κ2) is 5.23. The van der Waals surface area contributed by atoms with Crippen LogP contribution in [-0.2, 0) is 11.8 Å². The summed E-state index contributed by atoms with van der Waals surface area (Å²) in [5.41, 5.74) is 0.497. The molecule has 17 heavy (non-hydrogen) atoms. The van der Waals surface area contributed by atoms with Crippen LogP contribution >= 0.6 is 15.9 Å². The molecular formula is C9H6BrF3N2O2. The molecule has 0 saturated heterocycles. The SMILES string of the molecule is N#CCc1cnc(OC(F)(F)F)c(O)c1CBr. The van der Waals surface area contributed by atoms with E-state index in [0.29, 0.717) is 5.56 Å². The zero-order valence-corrected chi connectivity index (χ0v) is 9.84. The Labute approximate surface area is 103 Å². The minimum Gasteiger partial charge on any atom is -0.503 e. The van der Waals surface area contributed by atoms with Crippen molar-refractivity contribution in [2.75, 3.05) is 0 Å². The molecule has 0 aliphatic rings. The van der Waals surface area contributed by atoms with Gasteiger partial charge in [-0.1, -0.05) is 15.9 Å². The number of hydrogen-bond donors (Lipinski definition) is 1. The first-order valence-corrected chi connectivity index (χ1v) is 5.39. The molecule has 0 spiro atoms. The van der Waals surface area contributed by atoms with Crippen LogP contribution in [0.5, 0.6) is 11.6 Å². The number of ether oxygens (including phenoxy) is 1. The van der Waals surface area contributed by atoms with E-state index in [4.69, 9.17) is 5.26 Å². The van der Waals surface area contributed by atoms with Crippen molar-refractivity contribution in [3.8, 4) is 17.7 Å². The Morgan fingerprint density at radius 2 is 2.18 bits per heavy atom. The molecule has 0 aliphatic heterocycles. The average Bonchev–Trinajstić information content (AvgIpc) is 2.21. The molecule has 8 heteroatoms. The van der Waals surface area contributed by atoms with Crippen molar-refractivity contribution in [1.82, 2.24) is 4.98 Å². The summed E-state index contributed by atoms with van der Waals surface area (Å²) in [7, 11) is 0. The fourth-order valence-corrected chi connectivity index (χ4v) is 1.75. The van der Waals surface area contributed by atoms with Gasteiger partial charge in [-0.05, 0) is 5.56 Å². The van der Waals surface area contributed by atoms with E-state index >= 15 is 0 Å². The Hall–Kier alpha value is -1.49. The number of hydrogen-bond acceptors (Lipinski definition) is 4. The van der Waals surface area contributed by atoms with Crippen molar-refractivity contribution < 1.29 is 23.0 Å². The lowest BCUT2D eigenvalue weighted by Gasteiger charge is -2.12. The van der Waals surface area contributed by atoms with Gasteiger partial charge in [0.1, 0.15) is 0 Å². The zero-order chi connectivity index (χ0) is 13.1.